The Morgan fingerprint density at radius 3 is 2.72 bits per heavy atom. The summed E-state index contributed by atoms with van der Waals surface area (Å²) in [6, 6.07) is 8.50. The van der Waals surface area contributed by atoms with E-state index in [-0.39, 0.29) is 5.82 Å². The number of rotatable bonds is 3. The van der Waals surface area contributed by atoms with E-state index in [1.54, 1.807) is 18.2 Å². The third-order valence-corrected chi connectivity index (χ3v) is 3.03. The number of anilines is 3. The molecule has 0 saturated carbocycles. The van der Waals surface area contributed by atoms with Gasteiger partial charge in [0.2, 0.25) is 0 Å². The molecule has 0 aliphatic carbocycles. The van der Waals surface area contributed by atoms with Gasteiger partial charge >= 0.3 is 0 Å². The number of aryl methyl sites for hydroxylation is 1. The van der Waals surface area contributed by atoms with Crippen LogP contribution in [0, 0.1) is 12.7 Å². The van der Waals surface area contributed by atoms with Crippen LogP contribution in [0.4, 0.5) is 21.7 Å². The lowest BCUT2D eigenvalue weighted by molar-refractivity contribution is 0.620. The number of hydrogen-bond donors (Lipinski definition) is 3. The first kappa shape index (κ1) is 12.8. The Kier molecular flexibility index (Phi) is 3.78. The van der Waals surface area contributed by atoms with Crippen molar-refractivity contribution in [3.05, 3.63) is 46.2 Å². The van der Waals surface area contributed by atoms with E-state index in [9.17, 15) is 4.39 Å². The lowest BCUT2D eigenvalue weighted by Gasteiger charge is -2.10. The molecule has 0 bridgehead atoms. The summed E-state index contributed by atoms with van der Waals surface area (Å²) < 4.78 is 13.7. The van der Waals surface area contributed by atoms with Gasteiger partial charge in [-0.1, -0.05) is 6.07 Å². The molecule has 1 aromatic carbocycles. The monoisotopic (exact) mass is 310 g/mol. The molecule has 0 saturated heterocycles. The summed E-state index contributed by atoms with van der Waals surface area (Å²) in [5.41, 5.74) is 4.05. The maximum absolute atomic E-state index is 13.3. The van der Waals surface area contributed by atoms with Gasteiger partial charge in [0.05, 0.1) is 4.47 Å². The fourth-order valence-electron chi connectivity index (χ4n) is 1.50. The smallest absolute Gasteiger partial charge is 0.142 e. The number of pyridine rings is 1. The molecule has 18 heavy (non-hydrogen) atoms. The van der Waals surface area contributed by atoms with Crippen molar-refractivity contribution in [3.63, 3.8) is 0 Å². The minimum absolute atomic E-state index is 0.289. The van der Waals surface area contributed by atoms with Crippen LogP contribution in [-0.2, 0) is 0 Å². The van der Waals surface area contributed by atoms with Crippen molar-refractivity contribution in [1.82, 2.24) is 4.98 Å². The summed E-state index contributed by atoms with van der Waals surface area (Å²) in [5, 5.41) is 3.11. The third kappa shape index (κ3) is 2.77. The fourth-order valence-corrected chi connectivity index (χ4v) is 1.85. The van der Waals surface area contributed by atoms with Gasteiger partial charge in [-0.05, 0) is 52.7 Å². The van der Waals surface area contributed by atoms with Crippen molar-refractivity contribution < 1.29 is 4.39 Å². The highest BCUT2D eigenvalue weighted by Gasteiger charge is 2.06. The number of nitrogen functional groups attached to an aromatic ring is 1. The number of benzene rings is 1. The lowest BCUT2D eigenvalue weighted by atomic mass is 10.2. The van der Waals surface area contributed by atoms with E-state index in [0.29, 0.717) is 16.1 Å². The normalized spacial score (nSPS) is 10.2. The molecule has 0 atom stereocenters. The zero-order chi connectivity index (χ0) is 13.1. The number of hydrazine groups is 1. The number of nitrogens with zero attached hydrogens (tertiary/aromatic N) is 1. The van der Waals surface area contributed by atoms with Crippen LogP contribution < -0.4 is 16.6 Å². The Morgan fingerprint density at radius 1 is 1.28 bits per heavy atom. The van der Waals surface area contributed by atoms with Gasteiger partial charge in [0.1, 0.15) is 17.5 Å². The van der Waals surface area contributed by atoms with E-state index >= 15 is 0 Å². The van der Waals surface area contributed by atoms with Crippen LogP contribution in [0.25, 0.3) is 0 Å². The van der Waals surface area contributed by atoms with E-state index in [1.165, 1.54) is 6.07 Å². The first-order valence-corrected chi connectivity index (χ1v) is 6.06. The van der Waals surface area contributed by atoms with Crippen molar-refractivity contribution >= 4 is 33.3 Å². The van der Waals surface area contributed by atoms with Gasteiger partial charge in [-0.3, -0.25) is 0 Å². The molecule has 2 aromatic rings. The minimum atomic E-state index is -0.289. The van der Waals surface area contributed by atoms with Gasteiger partial charge in [0.15, 0.2) is 0 Å². The molecule has 0 fully saturated rings. The third-order valence-electron chi connectivity index (χ3n) is 2.43. The molecule has 2 rings (SSSR count). The summed E-state index contributed by atoms with van der Waals surface area (Å²) in [7, 11) is 0. The Hall–Kier alpha value is -1.66. The van der Waals surface area contributed by atoms with Gasteiger partial charge < -0.3 is 10.7 Å². The fraction of sp³-hybridized carbons (Fsp3) is 0.0833. The molecular weight excluding hydrogens is 299 g/mol. The summed E-state index contributed by atoms with van der Waals surface area (Å²) >= 11 is 3.15. The molecule has 0 aliphatic heterocycles. The average Bonchev–Trinajstić information content (AvgIpc) is 2.36. The van der Waals surface area contributed by atoms with Crippen molar-refractivity contribution in [3.8, 4) is 0 Å². The summed E-state index contributed by atoms with van der Waals surface area (Å²) in [6.07, 6.45) is 0. The van der Waals surface area contributed by atoms with Crippen molar-refractivity contribution in [2.24, 2.45) is 5.84 Å². The van der Waals surface area contributed by atoms with E-state index in [2.05, 4.69) is 31.7 Å². The number of nitrogens with two attached hydrogens (primary N) is 1. The molecule has 6 heteroatoms. The van der Waals surface area contributed by atoms with Crippen molar-refractivity contribution in [2.45, 2.75) is 6.92 Å². The Bertz CT molecular complexity index is 574. The zero-order valence-electron chi connectivity index (χ0n) is 9.67. The SMILES string of the molecule is Cc1cc(F)c(Br)cc1Nc1cccc(NN)n1. The van der Waals surface area contributed by atoms with E-state index in [1.807, 2.05) is 13.0 Å². The van der Waals surface area contributed by atoms with Crippen molar-refractivity contribution in [2.75, 3.05) is 10.7 Å². The largest absolute Gasteiger partial charge is 0.340 e. The predicted molar refractivity (Wildman–Crippen MR) is 74.2 cm³/mol. The second-order valence-corrected chi connectivity index (χ2v) is 4.61. The first-order valence-electron chi connectivity index (χ1n) is 5.26. The van der Waals surface area contributed by atoms with E-state index in [4.69, 9.17) is 5.84 Å². The van der Waals surface area contributed by atoms with Crippen molar-refractivity contribution in [1.29, 1.82) is 0 Å². The molecule has 0 spiro atoms. The lowest BCUT2D eigenvalue weighted by Crippen LogP contribution is -2.09. The highest BCUT2D eigenvalue weighted by atomic mass is 79.9. The molecule has 0 radical (unpaired) electrons. The van der Waals surface area contributed by atoms with Crippen LogP contribution in [0.15, 0.2) is 34.8 Å². The van der Waals surface area contributed by atoms with Crippen LogP contribution in [-0.4, -0.2) is 4.98 Å². The first-order chi connectivity index (χ1) is 8.60. The van der Waals surface area contributed by atoms with E-state index < -0.39 is 0 Å². The molecule has 4 N–H and O–H groups in total. The second-order valence-electron chi connectivity index (χ2n) is 3.76. The van der Waals surface area contributed by atoms with Crippen LogP contribution >= 0.6 is 15.9 Å². The standard InChI is InChI=1S/C12H12BrFN4/c1-7-5-9(14)8(13)6-10(7)16-11-3-2-4-12(17-11)18-15/h2-6H,15H2,1H3,(H2,16,17,18). The number of aromatic nitrogens is 1. The van der Waals surface area contributed by atoms with E-state index in [0.717, 1.165) is 11.3 Å². The van der Waals surface area contributed by atoms with Gasteiger partial charge in [0.25, 0.3) is 0 Å². The highest BCUT2D eigenvalue weighted by Crippen LogP contribution is 2.26. The molecule has 1 aromatic heterocycles. The summed E-state index contributed by atoms with van der Waals surface area (Å²) in [5.74, 6) is 6.19. The van der Waals surface area contributed by atoms with Crippen LogP contribution in [0.5, 0.6) is 0 Å². The highest BCUT2D eigenvalue weighted by molar-refractivity contribution is 9.10. The Balaban J connectivity index is 2.30. The number of nitrogens with one attached hydrogen (secondary N) is 2. The topological polar surface area (TPSA) is 63.0 Å². The maximum atomic E-state index is 13.3. The molecular formula is C12H12BrFN4. The van der Waals surface area contributed by atoms with Crippen LogP contribution in [0.1, 0.15) is 5.56 Å². The van der Waals surface area contributed by atoms with Gasteiger partial charge in [-0.25, -0.2) is 15.2 Å². The minimum Gasteiger partial charge on any atom is -0.340 e. The van der Waals surface area contributed by atoms with Gasteiger partial charge in [0, 0.05) is 5.69 Å². The van der Waals surface area contributed by atoms with Crippen LogP contribution in [0.3, 0.4) is 0 Å². The van der Waals surface area contributed by atoms with Gasteiger partial charge in [-0.2, -0.15) is 0 Å². The molecule has 0 amide bonds. The molecule has 4 nitrogen and oxygen atoms in total. The summed E-state index contributed by atoms with van der Waals surface area (Å²) in [6.45, 7) is 1.82. The average molecular weight is 311 g/mol. The quantitative estimate of drug-likeness (QED) is 0.601. The second kappa shape index (κ2) is 5.32. The molecule has 0 aliphatic rings. The molecule has 1 heterocycles. The number of halogens is 2. The van der Waals surface area contributed by atoms with Crippen LogP contribution in [0.2, 0.25) is 0 Å². The van der Waals surface area contributed by atoms with Gasteiger partial charge in [-0.15, -0.1) is 0 Å². The molecule has 0 unspecified atom stereocenters. The summed E-state index contributed by atoms with van der Waals surface area (Å²) in [4.78, 5) is 4.22. The maximum Gasteiger partial charge on any atom is 0.142 e. The predicted octanol–water partition coefficient (Wildman–Crippen LogP) is 3.32. The zero-order valence-corrected chi connectivity index (χ0v) is 11.3. The Labute approximate surface area is 113 Å². The molecule has 94 valence electrons. The Morgan fingerprint density at radius 2 is 2.00 bits per heavy atom. The number of hydrogen-bond acceptors (Lipinski definition) is 4.